The molecule has 11 heteroatoms. The molecule has 3 aromatic rings. The molecule has 0 radical (unpaired) electrons. The van der Waals surface area contributed by atoms with Crippen molar-refractivity contribution in [2.75, 3.05) is 18.0 Å². The minimum Gasteiger partial charge on any atom is -0.356 e. The molecule has 1 aliphatic heterocycles. The summed E-state index contributed by atoms with van der Waals surface area (Å²) < 4.78 is 4.47. The standard InChI is InChI=1S/C26H36N8O3/c1-5-33-22-21(31(4)26(37)34(25(22)36)14-19-28-15(2)12-16(3)29-19)20(23(35)30-18-9-6-10-18)24(33)32-11-7-8-17(27)13-32/h12,17-18H,5-11,13-14,27H2,1-4H3,(H,30,35)/t17-/m1/s1. The van der Waals surface area contributed by atoms with Crippen molar-refractivity contribution in [3.05, 3.63) is 49.7 Å². The number of aryl methyl sites for hydroxylation is 4. The highest BCUT2D eigenvalue weighted by molar-refractivity contribution is 6.11. The summed E-state index contributed by atoms with van der Waals surface area (Å²) in [6, 6.07) is 1.93. The number of aromatic nitrogens is 5. The van der Waals surface area contributed by atoms with E-state index in [1.165, 1.54) is 9.13 Å². The Labute approximate surface area is 215 Å². The van der Waals surface area contributed by atoms with Gasteiger partial charge in [0.1, 0.15) is 22.7 Å². The molecule has 2 fully saturated rings. The number of nitrogens with two attached hydrogens (primary N) is 1. The second-order valence-electron chi connectivity index (χ2n) is 10.4. The number of carbonyl (C=O) groups excluding carboxylic acids is 1. The van der Waals surface area contributed by atoms with Gasteiger partial charge in [0.05, 0.1) is 12.1 Å². The van der Waals surface area contributed by atoms with Gasteiger partial charge >= 0.3 is 5.69 Å². The Morgan fingerprint density at radius 1 is 1.08 bits per heavy atom. The van der Waals surface area contributed by atoms with Gasteiger partial charge in [-0.25, -0.2) is 14.8 Å². The van der Waals surface area contributed by atoms with E-state index in [9.17, 15) is 14.4 Å². The van der Waals surface area contributed by atoms with E-state index < -0.39 is 11.2 Å². The maximum Gasteiger partial charge on any atom is 0.331 e. The predicted octanol–water partition coefficient (Wildman–Crippen LogP) is 1.19. The minimum atomic E-state index is -0.506. The highest BCUT2D eigenvalue weighted by atomic mass is 16.2. The molecule has 198 valence electrons. The molecule has 1 saturated carbocycles. The summed E-state index contributed by atoms with van der Waals surface area (Å²) in [4.78, 5) is 52.3. The highest BCUT2D eigenvalue weighted by Crippen LogP contribution is 2.33. The van der Waals surface area contributed by atoms with Crippen molar-refractivity contribution < 1.29 is 4.79 Å². The Balaban J connectivity index is 1.75. The van der Waals surface area contributed by atoms with Crippen LogP contribution < -0.4 is 27.2 Å². The summed E-state index contributed by atoms with van der Waals surface area (Å²) in [7, 11) is 1.62. The quantitative estimate of drug-likeness (QED) is 0.511. The molecule has 11 nitrogen and oxygen atoms in total. The van der Waals surface area contributed by atoms with Crippen molar-refractivity contribution in [1.82, 2.24) is 29.0 Å². The van der Waals surface area contributed by atoms with Crippen LogP contribution in [0.5, 0.6) is 0 Å². The number of hydrogen-bond acceptors (Lipinski definition) is 7. The molecule has 5 rings (SSSR count). The van der Waals surface area contributed by atoms with E-state index in [2.05, 4.69) is 20.2 Å². The van der Waals surface area contributed by atoms with E-state index in [0.29, 0.717) is 41.3 Å². The molecular formula is C26H36N8O3. The normalized spacial score (nSPS) is 18.3. The van der Waals surface area contributed by atoms with Gasteiger partial charge in [-0.3, -0.25) is 18.7 Å². The molecule has 0 unspecified atom stereocenters. The fraction of sp³-hybridized carbons (Fsp3) is 0.577. The van der Waals surface area contributed by atoms with E-state index >= 15 is 0 Å². The fourth-order valence-corrected chi connectivity index (χ4v) is 5.64. The van der Waals surface area contributed by atoms with E-state index in [-0.39, 0.29) is 24.5 Å². The number of nitrogens with zero attached hydrogens (tertiary/aromatic N) is 6. The van der Waals surface area contributed by atoms with Crippen molar-refractivity contribution in [2.45, 2.75) is 78.0 Å². The number of rotatable bonds is 6. The molecule has 3 N–H and O–H groups in total. The molecular weight excluding hydrogens is 472 g/mol. The predicted molar refractivity (Wildman–Crippen MR) is 142 cm³/mol. The molecule has 3 aromatic heterocycles. The van der Waals surface area contributed by atoms with Crippen LogP contribution in [0.15, 0.2) is 15.7 Å². The Kier molecular flexibility index (Phi) is 6.65. The molecule has 1 aliphatic carbocycles. The van der Waals surface area contributed by atoms with Crippen LogP contribution in [0.3, 0.4) is 0 Å². The lowest BCUT2D eigenvalue weighted by Crippen LogP contribution is -2.45. The first-order chi connectivity index (χ1) is 17.7. The van der Waals surface area contributed by atoms with Crippen LogP contribution in [-0.2, 0) is 20.1 Å². The van der Waals surface area contributed by atoms with Gasteiger partial charge in [0.25, 0.3) is 11.5 Å². The molecule has 2 aliphatic rings. The fourth-order valence-electron chi connectivity index (χ4n) is 5.64. The number of fused-ring (bicyclic) bond motifs is 1. The smallest absolute Gasteiger partial charge is 0.331 e. The first kappa shape index (κ1) is 25.2. The highest BCUT2D eigenvalue weighted by Gasteiger charge is 2.33. The first-order valence-electron chi connectivity index (χ1n) is 13.2. The number of nitrogens with one attached hydrogen (secondary N) is 1. The monoisotopic (exact) mass is 508 g/mol. The van der Waals surface area contributed by atoms with Crippen molar-refractivity contribution >= 4 is 22.8 Å². The van der Waals surface area contributed by atoms with Crippen molar-refractivity contribution in [3.8, 4) is 0 Å². The van der Waals surface area contributed by atoms with Crippen LogP contribution in [0.25, 0.3) is 11.0 Å². The maximum absolute atomic E-state index is 14.0. The largest absolute Gasteiger partial charge is 0.356 e. The molecule has 1 amide bonds. The molecule has 1 atom stereocenters. The van der Waals surface area contributed by atoms with Crippen molar-refractivity contribution in [2.24, 2.45) is 12.8 Å². The summed E-state index contributed by atoms with van der Waals surface area (Å²) in [6.07, 6.45) is 4.75. The van der Waals surface area contributed by atoms with Gasteiger partial charge in [0.2, 0.25) is 0 Å². The van der Waals surface area contributed by atoms with E-state index in [1.807, 2.05) is 31.4 Å². The van der Waals surface area contributed by atoms with E-state index in [1.54, 1.807) is 7.05 Å². The van der Waals surface area contributed by atoms with Crippen LogP contribution in [0.2, 0.25) is 0 Å². The van der Waals surface area contributed by atoms with Gasteiger partial charge < -0.3 is 20.5 Å². The van der Waals surface area contributed by atoms with E-state index in [4.69, 9.17) is 5.73 Å². The summed E-state index contributed by atoms with van der Waals surface area (Å²) in [5, 5.41) is 3.13. The second-order valence-corrected chi connectivity index (χ2v) is 10.4. The summed E-state index contributed by atoms with van der Waals surface area (Å²) in [5.41, 5.74) is 7.97. The zero-order chi connectivity index (χ0) is 26.4. The lowest BCUT2D eigenvalue weighted by molar-refractivity contribution is 0.0918. The van der Waals surface area contributed by atoms with E-state index in [0.717, 1.165) is 50.0 Å². The minimum absolute atomic E-state index is 0.0261. The van der Waals surface area contributed by atoms with Gasteiger partial charge in [-0.15, -0.1) is 0 Å². The Hall–Kier alpha value is -3.47. The zero-order valence-electron chi connectivity index (χ0n) is 22.1. The molecule has 37 heavy (non-hydrogen) atoms. The van der Waals surface area contributed by atoms with Crippen molar-refractivity contribution in [3.63, 3.8) is 0 Å². The topological polar surface area (TPSA) is 133 Å². The zero-order valence-corrected chi connectivity index (χ0v) is 22.1. The third-order valence-corrected chi connectivity index (χ3v) is 7.58. The molecule has 1 saturated heterocycles. The number of amides is 1. The van der Waals surface area contributed by atoms with Crippen LogP contribution >= 0.6 is 0 Å². The van der Waals surface area contributed by atoms with Gasteiger partial charge in [0.15, 0.2) is 0 Å². The number of carbonyl (C=O) groups is 1. The molecule has 0 aromatic carbocycles. The van der Waals surface area contributed by atoms with Crippen LogP contribution in [0.4, 0.5) is 5.82 Å². The Bertz CT molecular complexity index is 1460. The second kappa shape index (κ2) is 9.77. The van der Waals surface area contributed by atoms with Crippen LogP contribution in [0, 0.1) is 13.8 Å². The number of piperidine rings is 1. The first-order valence-corrected chi connectivity index (χ1v) is 13.2. The van der Waals surface area contributed by atoms with Gasteiger partial charge in [-0.05, 0) is 58.9 Å². The number of anilines is 1. The van der Waals surface area contributed by atoms with Gasteiger partial charge in [-0.2, -0.15) is 0 Å². The van der Waals surface area contributed by atoms with Crippen LogP contribution in [-0.4, -0.2) is 54.7 Å². The molecule has 4 heterocycles. The van der Waals surface area contributed by atoms with Crippen molar-refractivity contribution in [1.29, 1.82) is 0 Å². The lowest BCUT2D eigenvalue weighted by Gasteiger charge is -2.34. The average molecular weight is 509 g/mol. The summed E-state index contributed by atoms with van der Waals surface area (Å²) in [6.45, 7) is 7.38. The third kappa shape index (κ3) is 4.45. The average Bonchev–Trinajstić information content (AvgIpc) is 3.17. The Morgan fingerprint density at radius 2 is 1.78 bits per heavy atom. The molecule has 0 bridgehead atoms. The SMILES string of the molecule is CCn1c(N2CCC[C@@H](N)C2)c(C(=O)NC2CCC2)c2c1c(=O)n(Cc1nc(C)cc(C)n1)c(=O)n2C. The van der Waals surface area contributed by atoms with Crippen LogP contribution in [0.1, 0.15) is 66.6 Å². The summed E-state index contributed by atoms with van der Waals surface area (Å²) in [5.74, 6) is 0.814. The third-order valence-electron chi connectivity index (χ3n) is 7.58. The summed E-state index contributed by atoms with van der Waals surface area (Å²) >= 11 is 0. The van der Waals surface area contributed by atoms with Gasteiger partial charge in [0, 0.05) is 50.2 Å². The lowest BCUT2D eigenvalue weighted by atomic mass is 9.93. The maximum atomic E-state index is 14.0. The Morgan fingerprint density at radius 3 is 2.38 bits per heavy atom. The van der Waals surface area contributed by atoms with Gasteiger partial charge in [-0.1, -0.05) is 0 Å². The number of hydrogen-bond donors (Lipinski definition) is 2. The molecule has 0 spiro atoms.